The van der Waals surface area contributed by atoms with Crippen molar-refractivity contribution in [2.45, 2.75) is 26.8 Å². The number of nitrogens with one attached hydrogen (secondary N) is 2. The van der Waals surface area contributed by atoms with Crippen molar-refractivity contribution in [3.8, 4) is 11.5 Å². The van der Waals surface area contributed by atoms with Crippen molar-refractivity contribution in [3.05, 3.63) is 47.5 Å². The second-order valence-electron chi connectivity index (χ2n) is 6.27. The zero-order valence-electron chi connectivity index (χ0n) is 16.0. The van der Waals surface area contributed by atoms with E-state index in [-0.39, 0.29) is 12.5 Å². The molecule has 7 heteroatoms. The first kappa shape index (κ1) is 20.1. The number of aryl methyl sites for hydroxylation is 2. The molecular weight excluding hydrogens is 346 g/mol. The van der Waals surface area contributed by atoms with Gasteiger partial charge in [-0.1, -0.05) is 6.07 Å². The number of hydrogen-bond acceptors (Lipinski definition) is 5. The molecule has 0 aromatic heterocycles. The Morgan fingerprint density at radius 3 is 2.37 bits per heavy atom. The van der Waals surface area contributed by atoms with E-state index < -0.39 is 11.9 Å². The average molecular weight is 371 g/mol. The molecule has 4 N–H and O–H groups in total. The Labute approximate surface area is 158 Å². The van der Waals surface area contributed by atoms with Crippen LogP contribution in [-0.4, -0.2) is 31.6 Å². The molecule has 0 spiro atoms. The maximum atomic E-state index is 12.4. The zero-order chi connectivity index (χ0) is 20.0. The predicted molar refractivity (Wildman–Crippen MR) is 105 cm³/mol. The summed E-state index contributed by atoms with van der Waals surface area (Å²) in [5, 5.41) is 5.99. The monoisotopic (exact) mass is 371 g/mol. The Balaban J connectivity index is 2.05. The first-order chi connectivity index (χ1) is 12.8. The summed E-state index contributed by atoms with van der Waals surface area (Å²) in [6.45, 7) is 5.51. The van der Waals surface area contributed by atoms with Crippen molar-refractivity contribution in [1.29, 1.82) is 0 Å². The molecule has 0 radical (unpaired) electrons. The molecule has 0 bridgehead atoms. The topological polar surface area (TPSA) is 103 Å². The van der Waals surface area contributed by atoms with Gasteiger partial charge in [-0.25, -0.2) is 0 Å². The largest absolute Gasteiger partial charge is 0.493 e. The molecule has 0 saturated carbocycles. The maximum Gasteiger partial charge on any atom is 0.255 e. The third-order valence-electron chi connectivity index (χ3n) is 4.08. The number of ether oxygens (including phenoxy) is 2. The predicted octanol–water partition coefficient (Wildman–Crippen LogP) is 2.62. The summed E-state index contributed by atoms with van der Waals surface area (Å²) in [5.74, 6) is 0.0716. The normalized spacial score (nSPS) is 11.4. The Kier molecular flexibility index (Phi) is 6.65. The van der Waals surface area contributed by atoms with Gasteiger partial charge in [-0.2, -0.15) is 0 Å². The Morgan fingerprint density at radius 2 is 1.74 bits per heavy atom. The molecule has 0 fully saturated rings. The molecule has 27 heavy (non-hydrogen) atoms. The number of amides is 2. The SMILES string of the molecule is COc1ccc(N[C@@H](C)C(=O)Nc2ccc(C)c(C)c2)cc1OCC(N)=O. The lowest BCUT2D eigenvalue weighted by Crippen LogP contribution is -2.31. The highest BCUT2D eigenvalue weighted by atomic mass is 16.5. The van der Waals surface area contributed by atoms with E-state index in [9.17, 15) is 9.59 Å². The van der Waals surface area contributed by atoms with Crippen molar-refractivity contribution in [2.24, 2.45) is 5.73 Å². The van der Waals surface area contributed by atoms with Crippen LogP contribution in [0.3, 0.4) is 0 Å². The summed E-state index contributed by atoms with van der Waals surface area (Å²) in [6.07, 6.45) is 0. The first-order valence-corrected chi connectivity index (χ1v) is 8.54. The molecule has 7 nitrogen and oxygen atoms in total. The van der Waals surface area contributed by atoms with E-state index in [1.54, 1.807) is 25.1 Å². The van der Waals surface area contributed by atoms with Crippen molar-refractivity contribution in [2.75, 3.05) is 24.4 Å². The lowest BCUT2D eigenvalue weighted by molar-refractivity contribution is -0.120. The van der Waals surface area contributed by atoms with Crippen LogP contribution in [0.5, 0.6) is 11.5 Å². The minimum Gasteiger partial charge on any atom is -0.493 e. The second kappa shape index (κ2) is 8.93. The molecule has 2 aromatic rings. The highest BCUT2D eigenvalue weighted by Gasteiger charge is 2.15. The van der Waals surface area contributed by atoms with Gasteiger partial charge in [0.1, 0.15) is 6.04 Å². The van der Waals surface area contributed by atoms with Crippen LogP contribution in [0, 0.1) is 13.8 Å². The van der Waals surface area contributed by atoms with Crippen LogP contribution in [0.2, 0.25) is 0 Å². The number of primary amides is 1. The number of rotatable bonds is 8. The van der Waals surface area contributed by atoms with E-state index in [0.717, 1.165) is 11.3 Å². The Hall–Kier alpha value is -3.22. The zero-order valence-corrected chi connectivity index (χ0v) is 16.0. The highest BCUT2D eigenvalue weighted by Crippen LogP contribution is 2.30. The molecule has 0 unspecified atom stereocenters. The Bertz CT molecular complexity index is 836. The summed E-state index contributed by atoms with van der Waals surface area (Å²) in [7, 11) is 1.50. The standard InChI is InChI=1S/C20H25N3O4/c1-12-5-6-15(9-13(12)2)23-20(25)14(3)22-16-7-8-17(26-4)18(10-16)27-11-19(21)24/h5-10,14,22H,11H2,1-4H3,(H2,21,24)(H,23,25)/t14-/m0/s1. The molecule has 0 aliphatic rings. The van der Waals surface area contributed by atoms with Gasteiger partial charge in [0, 0.05) is 17.4 Å². The number of carbonyl (C=O) groups excluding carboxylic acids is 2. The third kappa shape index (κ3) is 5.64. The van der Waals surface area contributed by atoms with Gasteiger partial charge in [0.2, 0.25) is 5.91 Å². The number of benzene rings is 2. The van der Waals surface area contributed by atoms with Crippen LogP contribution in [0.4, 0.5) is 11.4 Å². The minimum atomic E-state index is -0.587. The Morgan fingerprint density at radius 1 is 1.04 bits per heavy atom. The number of anilines is 2. The molecule has 0 saturated heterocycles. The smallest absolute Gasteiger partial charge is 0.255 e. The summed E-state index contributed by atoms with van der Waals surface area (Å²) < 4.78 is 10.6. The van der Waals surface area contributed by atoms with Crippen LogP contribution in [0.25, 0.3) is 0 Å². The van der Waals surface area contributed by atoms with Gasteiger partial charge < -0.3 is 25.8 Å². The van der Waals surface area contributed by atoms with Gasteiger partial charge in [-0.05, 0) is 56.2 Å². The van der Waals surface area contributed by atoms with Gasteiger partial charge >= 0.3 is 0 Å². The van der Waals surface area contributed by atoms with Gasteiger partial charge in [-0.3, -0.25) is 9.59 Å². The molecular formula is C20H25N3O4. The van der Waals surface area contributed by atoms with E-state index in [2.05, 4.69) is 10.6 Å². The van der Waals surface area contributed by atoms with Crippen LogP contribution in [-0.2, 0) is 9.59 Å². The molecule has 1 atom stereocenters. The summed E-state index contributed by atoms with van der Waals surface area (Å²) in [6, 6.07) is 10.4. The third-order valence-corrected chi connectivity index (χ3v) is 4.08. The summed E-state index contributed by atoms with van der Waals surface area (Å²) in [5.41, 5.74) is 8.79. The quantitative estimate of drug-likeness (QED) is 0.662. The van der Waals surface area contributed by atoms with Crippen LogP contribution >= 0.6 is 0 Å². The number of methoxy groups -OCH3 is 1. The fraction of sp³-hybridized carbons (Fsp3) is 0.300. The molecule has 0 aliphatic carbocycles. The van der Waals surface area contributed by atoms with Gasteiger partial charge in [0.05, 0.1) is 7.11 Å². The maximum absolute atomic E-state index is 12.4. The molecule has 0 heterocycles. The van der Waals surface area contributed by atoms with E-state index in [4.69, 9.17) is 15.2 Å². The number of hydrogen-bond donors (Lipinski definition) is 3. The summed E-state index contributed by atoms with van der Waals surface area (Å²) >= 11 is 0. The number of nitrogens with two attached hydrogens (primary N) is 1. The van der Waals surface area contributed by atoms with Crippen LogP contribution in [0.1, 0.15) is 18.1 Å². The lowest BCUT2D eigenvalue weighted by Gasteiger charge is -2.17. The molecule has 144 valence electrons. The van der Waals surface area contributed by atoms with Crippen LogP contribution in [0.15, 0.2) is 36.4 Å². The lowest BCUT2D eigenvalue weighted by atomic mass is 10.1. The molecule has 2 aromatic carbocycles. The molecule has 2 amide bonds. The van der Waals surface area contributed by atoms with Crippen molar-refractivity contribution in [3.63, 3.8) is 0 Å². The van der Waals surface area contributed by atoms with E-state index in [1.165, 1.54) is 12.7 Å². The van der Waals surface area contributed by atoms with E-state index in [1.807, 2.05) is 32.0 Å². The fourth-order valence-electron chi connectivity index (χ4n) is 2.41. The van der Waals surface area contributed by atoms with E-state index in [0.29, 0.717) is 17.2 Å². The van der Waals surface area contributed by atoms with Crippen molar-refractivity contribution in [1.82, 2.24) is 0 Å². The molecule has 0 aliphatic heterocycles. The average Bonchev–Trinajstić information content (AvgIpc) is 2.63. The van der Waals surface area contributed by atoms with Gasteiger partial charge in [0.25, 0.3) is 5.91 Å². The minimum absolute atomic E-state index is 0.173. The van der Waals surface area contributed by atoms with Crippen LogP contribution < -0.4 is 25.8 Å². The van der Waals surface area contributed by atoms with Gasteiger partial charge in [-0.15, -0.1) is 0 Å². The van der Waals surface area contributed by atoms with Crippen molar-refractivity contribution >= 4 is 23.2 Å². The summed E-state index contributed by atoms with van der Waals surface area (Å²) in [4.78, 5) is 23.4. The van der Waals surface area contributed by atoms with Gasteiger partial charge in [0.15, 0.2) is 18.1 Å². The van der Waals surface area contributed by atoms with E-state index >= 15 is 0 Å². The fourth-order valence-corrected chi connectivity index (χ4v) is 2.41. The molecule has 2 rings (SSSR count). The first-order valence-electron chi connectivity index (χ1n) is 8.54. The highest BCUT2D eigenvalue weighted by molar-refractivity contribution is 5.96. The number of carbonyl (C=O) groups is 2. The second-order valence-corrected chi connectivity index (χ2v) is 6.27. The van der Waals surface area contributed by atoms with Crippen molar-refractivity contribution < 1.29 is 19.1 Å².